The van der Waals surface area contributed by atoms with Gasteiger partial charge in [-0.3, -0.25) is 24.6 Å². The average Bonchev–Trinajstić information content (AvgIpc) is 3.17. The number of benzene rings is 2. The van der Waals surface area contributed by atoms with Crippen LogP contribution in [0.25, 0.3) is 0 Å². The summed E-state index contributed by atoms with van der Waals surface area (Å²) >= 11 is 6.14. The van der Waals surface area contributed by atoms with Gasteiger partial charge in [-0.05, 0) is 87.4 Å². The molecular formula is C38H43ClFN9O4. The van der Waals surface area contributed by atoms with Gasteiger partial charge in [-0.15, -0.1) is 10.2 Å². The molecule has 1 unspecified atom stereocenters. The van der Waals surface area contributed by atoms with Crippen molar-refractivity contribution >= 4 is 46.5 Å². The maximum absolute atomic E-state index is 15.2. The monoisotopic (exact) mass is 743 g/mol. The largest absolute Gasteiger partial charge is 0.490 e. The van der Waals surface area contributed by atoms with E-state index < -0.39 is 6.04 Å². The Labute approximate surface area is 312 Å². The molecule has 3 aliphatic heterocycles. The van der Waals surface area contributed by atoms with Gasteiger partial charge in [-0.1, -0.05) is 11.6 Å². The highest BCUT2D eigenvalue weighted by molar-refractivity contribution is 6.31. The lowest BCUT2D eigenvalue weighted by Crippen LogP contribution is -2.53. The van der Waals surface area contributed by atoms with Crippen LogP contribution in [0.2, 0.25) is 5.02 Å². The zero-order valence-corrected chi connectivity index (χ0v) is 30.2. The lowest BCUT2D eigenvalue weighted by atomic mass is 9.93. The summed E-state index contributed by atoms with van der Waals surface area (Å²) < 4.78 is 21.2. The van der Waals surface area contributed by atoms with E-state index in [0.29, 0.717) is 45.9 Å². The molecule has 1 atom stereocenters. The van der Waals surface area contributed by atoms with Crippen LogP contribution in [-0.2, 0) is 9.59 Å². The first kappa shape index (κ1) is 36.4. The fourth-order valence-electron chi connectivity index (χ4n) is 7.73. The zero-order chi connectivity index (χ0) is 36.9. The number of nitrogens with one attached hydrogen (secondary N) is 3. The van der Waals surface area contributed by atoms with Gasteiger partial charge in [0.1, 0.15) is 23.7 Å². The molecule has 1 aromatic heterocycles. The summed E-state index contributed by atoms with van der Waals surface area (Å²) in [6.07, 6.45) is 5.76. The van der Waals surface area contributed by atoms with E-state index >= 15 is 4.39 Å². The molecule has 3 saturated heterocycles. The van der Waals surface area contributed by atoms with E-state index in [2.05, 4.69) is 40.8 Å². The van der Waals surface area contributed by atoms with Crippen molar-refractivity contribution in [1.82, 2.24) is 25.7 Å². The molecule has 4 fully saturated rings. The third-order valence-corrected chi connectivity index (χ3v) is 11.1. The third kappa shape index (κ3) is 8.80. The predicted molar refractivity (Wildman–Crippen MR) is 198 cm³/mol. The Balaban J connectivity index is 0.820. The van der Waals surface area contributed by atoms with E-state index in [-0.39, 0.29) is 42.1 Å². The number of hydrogen-bond donors (Lipinski definition) is 3. The highest BCUT2D eigenvalue weighted by Crippen LogP contribution is 2.29. The van der Waals surface area contributed by atoms with Crippen molar-refractivity contribution in [3.05, 3.63) is 70.6 Å². The second-order valence-corrected chi connectivity index (χ2v) is 14.6. The molecule has 3 N–H and O–H groups in total. The van der Waals surface area contributed by atoms with Crippen molar-refractivity contribution < 1.29 is 23.5 Å². The Bertz CT molecular complexity index is 1850. The number of piperazine rings is 1. The normalized spacial score (nSPS) is 22.8. The van der Waals surface area contributed by atoms with Crippen molar-refractivity contribution in [3.8, 4) is 11.8 Å². The summed E-state index contributed by atoms with van der Waals surface area (Å²) in [5.41, 5.74) is 1.78. The van der Waals surface area contributed by atoms with Gasteiger partial charge >= 0.3 is 0 Å². The maximum atomic E-state index is 15.2. The first-order valence-corrected chi connectivity index (χ1v) is 18.7. The molecule has 1 saturated carbocycles. The second kappa shape index (κ2) is 16.3. The van der Waals surface area contributed by atoms with Gasteiger partial charge in [-0.2, -0.15) is 5.26 Å². The van der Waals surface area contributed by atoms with Gasteiger partial charge in [0.25, 0.3) is 5.91 Å². The Hall–Kier alpha value is -5.00. The van der Waals surface area contributed by atoms with E-state index in [9.17, 15) is 14.4 Å². The van der Waals surface area contributed by atoms with Crippen LogP contribution < -0.4 is 30.5 Å². The molecule has 3 amide bonds. The standard InChI is InChI=1S/C38H43ClFN9O4/c39-30-22-29(5-1-24(30)23-41)53-28-6-2-25(3-7-28)43-38(52)33-8-11-35(46-45-33)49-15-13-27(14-16-49)47-17-19-48(20-18-47)34-10-4-26(21-31(34)40)42-32-9-12-36(50)44-37(32)51/h1,4-5,8,10-11,21-22,25,27-28,32,42H,2-3,6-7,9,12-20H2,(H,43,52)(H,44,50,51). The summed E-state index contributed by atoms with van der Waals surface area (Å²) in [6, 6.07) is 15.6. The number of anilines is 3. The summed E-state index contributed by atoms with van der Waals surface area (Å²) in [5, 5.41) is 26.6. The van der Waals surface area contributed by atoms with Crippen LogP contribution in [0.4, 0.5) is 21.6 Å². The molecule has 0 radical (unpaired) electrons. The van der Waals surface area contributed by atoms with Gasteiger partial charge in [-0.25, -0.2) is 4.39 Å². The van der Waals surface area contributed by atoms with E-state index in [0.717, 1.165) is 83.6 Å². The number of hydrogen-bond acceptors (Lipinski definition) is 11. The van der Waals surface area contributed by atoms with Crippen LogP contribution in [0.1, 0.15) is 67.4 Å². The third-order valence-electron chi connectivity index (χ3n) is 10.7. The van der Waals surface area contributed by atoms with E-state index in [1.807, 2.05) is 12.1 Å². The molecule has 0 spiro atoms. The van der Waals surface area contributed by atoms with Crippen LogP contribution in [0.15, 0.2) is 48.5 Å². The summed E-state index contributed by atoms with van der Waals surface area (Å²) in [7, 11) is 0. The number of carbonyl (C=O) groups is 3. The number of rotatable bonds is 9. The van der Waals surface area contributed by atoms with E-state index in [4.69, 9.17) is 21.6 Å². The van der Waals surface area contributed by atoms with Gasteiger partial charge in [0.15, 0.2) is 11.5 Å². The van der Waals surface area contributed by atoms with Crippen molar-refractivity contribution in [2.45, 2.75) is 75.6 Å². The first-order valence-electron chi connectivity index (χ1n) is 18.4. The number of aromatic nitrogens is 2. The SMILES string of the molecule is N#Cc1ccc(OC2CCC(NC(=O)c3ccc(N4CCC(N5CCN(c6ccc(NC7CCC(=O)NC7=O)cc6F)CC5)CC4)nn3)CC2)cc1Cl. The number of nitriles is 1. The van der Waals surface area contributed by atoms with E-state index in [1.165, 1.54) is 6.07 Å². The second-order valence-electron chi connectivity index (χ2n) is 14.2. The number of piperidine rings is 2. The minimum atomic E-state index is -0.557. The smallest absolute Gasteiger partial charge is 0.272 e. The summed E-state index contributed by atoms with van der Waals surface area (Å²) in [4.78, 5) is 43.2. The topological polar surface area (TPSA) is 156 Å². The number of ether oxygens (including phenoxy) is 1. The zero-order valence-electron chi connectivity index (χ0n) is 29.4. The van der Waals surface area contributed by atoms with Crippen molar-refractivity contribution in [2.75, 3.05) is 54.4 Å². The molecule has 4 aliphatic rings. The number of imide groups is 1. The number of nitrogens with zero attached hydrogens (tertiary/aromatic N) is 6. The molecule has 278 valence electrons. The van der Waals surface area contributed by atoms with Crippen molar-refractivity contribution in [3.63, 3.8) is 0 Å². The molecule has 7 rings (SSSR count). The van der Waals surface area contributed by atoms with Gasteiger partial charge in [0.05, 0.1) is 22.4 Å². The van der Waals surface area contributed by atoms with Crippen LogP contribution in [-0.4, -0.2) is 96.3 Å². The quantitative estimate of drug-likeness (QED) is 0.269. The lowest BCUT2D eigenvalue weighted by molar-refractivity contribution is -0.133. The fraction of sp³-hybridized carbons (Fsp3) is 0.474. The lowest BCUT2D eigenvalue weighted by Gasteiger charge is -2.43. The van der Waals surface area contributed by atoms with Crippen LogP contribution in [0.5, 0.6) is 5.75 Å². The van der Waals surface area contributed by atoms with Crippen LogP contribution >= 0.6 is 11.6 Å². The molecule has 13 nitrogen and oxygen atoms in total. The van der Waals surface area contributed by atoms with Gasteiger partial charge in [0.2, 0.25) is 11.8 Å². The van der Waals surface area contributed by atoms with Crippen molar-refractivity contribution in [2.24, 2.45) is 0 Å². The number of amides is 3. The van der Waals surface area contributed by atoms with E-state index in [1.54, 1.807) is 36.4 Å². The summed E-state index contributed by atoms with van der Waals surface area (Å²) in [5.74, 6) is 0.163. The molecule has 2 aromatic carbocycles. The summed E-state index contributed by atoms with van der Waals surface area (Å²) in [6.45, 7) is 4.78. The number of halogens is 2. The molecule has 4 heterocycles. The molecule has 15 heteroatoms. The minimum absolute atomic E-state index is 0.0202. The number of carbonyl (C=O) groups excluding carboxylic acids is 3. The molecule has 53 heavy (non-hydrogen) atoms. The molecule has 0 bridgehead atoms. The van der Waals surface area contributed by atoms with Crippen LogP contribution in [0, 0.1) is 17.1 Å². The highest BCUT2D eigenvalue weighted by atomic mass is 35.5. The average molecular weight is 744 g/mol. The Kier molecular flexibility index (Phi) is 11.2. The fourth-order valence-corrected chi connectivity index (χ4v) is 7.94. The van der Waals surface area contributed by atoms with Crippen molar-refractivity contribution in [1.29, 1.82) is 5.26 Å². The maximum Gasteiger partial charge on any atom is 0.272 e. The van der Waals surface area contributed by atoms with Crippen LogP contribution in [0.3, 0.4) is 0 Å². The Morgan fingerprint density at radius 2 is 1.68 bits per heavy atom. The molecular weight excluding hydrogens is 701 g/mol. The Morgan fingerprint density at radius 3 is 2.34 bits per heavy atom. The minimum Gasteiger partial charge on any atom is -0.490 e. The molecule has 1 aliphatic carbocycles. The highest BCUT2D eigenvalue weighted by Gasteiger charge is 2.30. The molecule has 3 aromatic rings. The first-order chi connectivity index (χ1) is 25.7. The van der Waals surface area contributed by atoms with Gasteiger partial charge in [0, 0.05) is 69.5 Å². The predicted octanol–water partition coefficient (Wildman–Crippen LogP) is 4.27. The van der Waals surface area contributed by atoms with Gasteiger partial charge < -0.3 is 25.2 Å². The Morgan fingerprint density at radius 1 is 0.906 bits per heavy atom.